The molecule has 2 aromatic carbocycles. The summed E-state index contributed by atoms with van der Waals surface area (Å²) in [7, 11) is 0. The second-order valence-electron chi connectivity index (χ2n) is 4.35. The van der Waals surface area contributed by atoms with Crippen molar-refractivity contribution in [2.24, 2.45) is 0 Å². The van der Waals surface area contributed by atoms with Gasteiger partial charge in [0, 0.05) is 11.1 Å². The van der Waals surface area contributed by atoms with Gasteiger partial charge in [-0.25, -0.2) is 13.8 Å². The van der Waals surface area contributed by atoms with Crippen LogP contribution in [0.1, 0.15) is 5.82 Å². The van der Waals surface area contributed by atoms with Gasteiger partial charge in [-0.1, -0.05) is 23.2 Å². The maximum atomic E-state index is 14.2. The lowest BCUT2D eigenvalue weighted by molar-refractivity contribution is 0.578. The van der Waals surface area contributed by atoms with Crippen molar-refractivity contribution in [3.63, 3.8) is 0 Å². The minimum absolute atomic E-state index is 0.0125. The smallest absolute Gasteiger partial charge is 0.151 e. The maximum absolute atomic E-state index is 14.2. The third kappa shape index (κ3) is 2.48. The van der Waals surface area contributed by atoms with Crippen LogP contribution in [0.5, 0.6) is 0 Å². The van der Waals surface area contributed by atoms with Gasteiger partial charge in [-0.15, -0.1) is 11.6 Å². The molecule has 0 saturated heterocycles. The van der Waals surface area contributed by atoms with Gasteiger partial charge in [0.25, 0.3) is 0 Å². The van der Waals surface area contributed by atoms with Gasteiger partial charge in [0.1, 0.15) is 17.3 Å². The molecule has 0 amide bonds. The molecule has 1 aromatic heterocycles. The van der Waals surface area contributed by atoms with E-state index in [0.29, 0.717) is 21.9 Å². The second kappa shape index (κ2) is 5.44. The quantitative estimate of drug-likeness (QED) is 0.571. The van der Waals surface area contributed by atoms with Crippen LogP contribution in [0.2, 0.25) is 10.0 Å². The van der Waals surface area contributed by atoms with Crippen molar-refractivity contribution in [3.8, 4) is 5.69 Å². The number of rotatable bonds is 2. The third-order valence-corrected chi connectivity index (χ3v) is 3.77. The Morgan fingerprint density at radius 1 is 1.10 bits per heavy atom. The van der Waals surface area contributed by atoms with E-state index in [1.54, 1.807) is 18.2 Å². The summed E-state index contributed by atoms with van der Waals surface area (Å²) in [6, 6.07) is 6.77. The van der Waals surface area contributed by atoms with Crippen LogP contribution in [0.4, 0.5) is 8.78 Å². The molecule has 7 heteroatoms. The Kier molecular flexibility index (Phi) is 3.78. The highest BCUT2D eigenvalue weighted by atomic mass is 35.5. The first-order chi connectivity index (χ1) is 10.0. The van der Waals surface area contributed by atoms with Crippen LogP contribution in [-0.4, -0.2) is 9.55 Å². The Labute approximate surface area is 133 Å². The molecular formula is C14H7Cl3F2N2. The molecule has 0 aliphatic heterocycles. The number of aromatic nitrogens is 2. The van der Waals surface area contributed by atoms with Gasteiger partial charge < -0.3 is 0 Å². The zero-order valence-electron chi connectivity index (χ0n) is 10.4. The molecule has 0 fully saturated rings. The number of imidazole rings is 1. The van der Waals surface area contributed by atoms with Crippen LogP contribution in [-0.2, 0) is 5.88 Å². The number of halogens is 5. The first-order valence-corrected chi connectivity index (χ1v) is 7.18. The van der Waals surface area contributed by atoms with Crippen molar-refractivity contribution in [2.45, 2.75) is 5.88 Å². The van der Waals surface area contributed by atoms with Gasteiger partial charge in [-0.3, -0.25) is 4.57 Å². The topological polar surface area (TPSA) is 17.8 Å². The Morgan fingerprint density at radius 2 is 1.86 bits per heavy atom. The number of nitrogens with zero attached hydrogens (tertiary/aromatic N) is 2. The largest absolute Gasteiger partial charge is 0.291 e. The Balaban J connectivity index is 2.39. The van der Waals surface area contributed by atoms with Crippen LogP contribution >= 0.6 is 34.8 Å². The molecule has 3 rings (SSSR count). The molecule has 1 heterocycles. The van der Waals surface area contributed by atoms with Gasteiger partial charge >= 0.3 is 0 Å². The first-order valence-electron chi connectivity index (χ1n) is 5.89. The summed E-state index contributed by atoms with van der Waals surface area (Å²) < 4.78 is 28.8. The van der Waals surface area contributed by atoms with Crippen molar-refractivity contribution >= 4 is 45.8 Å². The summed E-state index contributed by atoms with van der Waals surface area (Å²) in [5.74, 6) is -1.11. The van der Waals surface area contributed by atoms with E-state index in [4.69, 9.17) is 34.8 Å². The molecule has 0 bridgehead atoms. The average Bonchev–Trinajstić information content (AvgIpc) is 2.75. The molecule has 0 spiro atoms. The number of benzene rings is 2. The molecule has 0 unspecified atom stereocenters. The van der Waals surface area contributed by atoms with Gasteiger partial charge in [-0.05, 0) is 24.3 Å². The zero-order chi connectivity index (χ0) is 15.1. The summed E-state index contributed by atoms with van der Waals surface area (Å²) in [4.78, 5) is 4.30. The van der Waals surface area contributed by atoms with Crippen molar-refractivity contribution in [2.75, 3.05) is 0 Å². The lowest BCUT2D eigenvalue weighted by atomic mass is 10.2. The molecule has 21 heavy (non-hydrogen) atoms. The minimum atomic E-state index is -0.791. The first kappa shape index (κ1) is 14.6. The van der Waals surface area contributed by atoms with E-state index in [1.165, 1.54) is 4.57 Å². The standard InChI is InChI=1S/C14H7Cl3F2N2/c15-6-13-20-11-3-7(16)1-2-12(11)21(13)14-9(17)4-8(18)5-10(14)19/h1-5H,6H2. The summed E-state index contributed by atoms with van der Waals surface area (Å²) >= 11 is 17.8. The van der Waals surface area contributed by atoms with Crippen molar-refractivity contribution in [1.82, 2.24) is 9.55 Å². The molecule has 0 aliphatic carbocycles. The summed E-state index contributed by atoms with van der Waals surface area (Å²) in [5.41, 5.74) is 1.15. The monoisotopic (exact) mass is 346 g/mol. The van der Waals surface area contributed by atoms with E-state index in [-0.39, 0.29) is 16.6 Å². The van der Waals surface area contributed by atoms with E-state index in [1.807, 2.05) is 0 Å². The molecule has 0 atom stereocenters. The summed E-state index contributed by atoms with van der Waals surface area (Å²) in [5, 5.41) is 0.437. The van der Waals surface area contributed by atoms with E-state index >= 15 is 0 Å². The molecular weight excluding hydrogens is 341 g/mol. The van der Waals surface area contributed by atoms with Gasteiger partial charge in [0.05, 0.1) is 21.9 Å². The molecule has 108 valence electrons. The summed E-state index contributed by atoms with van der Waals surface area (Å²) in [6.07, 6.45) is 0. The predicted molar refractivity (Wildman–Crippen MR) is 80.6 cm³/mol. The van der Waals surface area contributed by atoms with Crippen LogP contribution in [0, 0.1) is 11.6 Å². The van der Waals surface area contributed by atoms with Crippen LogP contribution in [0.25, 0.3) is 16.7 Å². The van der Waals surface area contributed by atoms with Crippen LogP contribution in [0.3, 0.4) is 0 Å². The Bertz CT molecular complexity index is 823. The lowest BCUT2D eigenvalue weighted by Crippen LogP contribution is -2.03. The van der Waals surface area contributed by atoms with Crippen LogP contribution in [0.15, 0.2) is 30.3 Å². The number of alkyl halides is 1. The van der Waals surface area contributed by atoms with E-state index in [0.717, 1.165) is 12.1 Å². The Morgan fingerprint density at radius 3 is 2.52 bits per heavy atom. The normalized spacial score (nSPS) is 11.3. The van der Waals surface area contributed by atoms with E-state index in [2.05, 4.69) is 4.98 Å². The highest BCUT2D eigenvalue weighted by molar-refractivity contribution is 6.32. The van der Waals surface area contributed by atoms with Crippen LogP contribution < -0.4 is 0 Å². The SMILES string of the molecule is Fc1cc(F)c(-n2c(CCl)nc3cc(Cl)ccc32)c(Cl)c1. The highest BCUT2D eigenvalue weighted by Crippen LogP contribution is 2.31. The fourth-order valence-electron chi connectivity index (χ4n) is 2.19. The maximum Gasteiger partial charge on any atom is 0.151 e. The van der Waals surface area contributed by atoms with Gasteiger partial charge in [-0.2, -0.15) is 0 Å². The Hall–Kier alpha value is -1.36. The number of hydrogen-bond donors (Lipinski definition) is 0. The highest BCUT2D eigenvalue weighted by Gasteiger charge is 2.19. The third-order valence-electron chi connectivity index (χ3n) is 3.01. The average molecular weight is 348 g/mol. The van der Waals surface area contributed by atoms with Crippen molar-refractivity contribution < 1.29 is 8.78 Å². The van der Waals surface area contributed by atoms with Crippen molar-refractivity contribution in [3.05, 3.63) is 57.8 Å². The summed E-state index contributed by atoms with van der Waals surface area (Å²) in [6.45, 7) is 0. The van der Waals surface area contributed by atoms with Gasteiger partial charge in [0.2, 0.25) is 0 Å². The molecule has 0 saturated carbocycles. The van der Waals surface area contributed by atoms with Crippen molar-refractivity contribution in [1.29, 1.82) is 0 Å². The van der Waals surface area contributed by atoms with E-state index in [9.17, 15) is 8.78 Å². The molecule has 0 N–H and O–H groups in total. The van der Waals surface area contributed by atoms with E-state index < -0.39 is 11.6 Å². The molecule has 2 nitrogen and oxygen atoms in total. The molecule has 3 aromatic rings. The van der Waals surface area contributed by atoms with Gasteiger partial charge in [0.15, 0.2) is 5.82 Å². The second-order valence-corrected chi connectivity index (χ2v) is 5.46. The molecule has 0 aliphatic rings. The molecule has 0 radical (unpaired) electrons. The fraction of sp³-hybridized carbons (Fsp3) is 0.0714. The predicted octanol–water partition coefficient (Wildman–Crippen LogP) is 5.35. The zero-order valence-corrected chi connectivity index (χ0v) is 12.6. The lowest BCUT2D eigenvalue weighted by Gasteiger charge is -2.11. The fourth-order valence-corrected chi connectivity index (χ4v) is 2.82. The number of hydrogen-bond acceptors (Lipinski definition) is 1. The minimum Gasteiger partial charge on any atom is -0.291 e. The number of fused-ring (bicyclic) bond motifs is 1.